The topological polar surface area (TPSA) is 46.6 Å². The van der Waals surface area contributed by atoms with Crippen LogP contribution in [-0.2, 0) is 16.0 Å². The quantitative estimate of drug-likeness (QED) is 0.550. The third-order valence-corrected chi connectivity index (χ3v) is 7.87. The van der Waals surface area contributed by atoms with Gasteiger partial charge in [-0.2, -0.15) is 0 Å². The molecule has 162 valence electrons. The van der Waals surface area contributed by atoms with Crippen molar-refractivity contribution in [3.63, 3.8) is 0 Å². The number of fused-ring (bicyclic) bond motifs is 3. The number of ether oxygens (including phenoxy) is 1. The van der Waals surface area contributed by atoms with Crippen molar-refractivity contribution in [2.24, 2.45) is 17.8 Å². The highest BCUT2D eigenvalue weighted by Crippen LogP contribution is 2.57. The highest BCUT2D eigenvalue weighted by atomic mass is 16.6. The smallest absolute Gasteiger partial charge is 0.416 e. The molecule has 2 amide bonds. The summed E-state index contributed by atoms with van der Waals surface area (Å²) in [4.78, 5) is 28.1. The van der Waals surface area contributed by atoms with E-state index in [-0.39, 0.29) is 30.4 Å². The summed E-state index contributed by atoms with van der Waals surface area (Å²) in [5.74, 6) is 0.880. The fourth-order valence-corrected chi connectivity index (χ4v) is 6.47. The zero-order chi connectivity index (χ0) is 21.7. The Kier molecular flexibility index (Phi) is 4.74. The maximum atomic E-state index is 13.9. The molecule has 32 heavy (non-hydrogen) atoms. The molecule has 0 radical (unpaired) electrons. The van der Waals surface area contributed by atoms with Gasteiger partial charge in [0.25, 0.3) is 0 Å². The van der Waals surface area contributed by atoms with Gasteiger partial charge in [0.2, 0.25) is 5.91 Å². The Morgan fingerprint density at radius 2 is 1.66 bits per heavy atom. The number of amides is 2. The Hall–Kier alpha value is -3.14. The number of carbonyl (C=O) groups excluding carboxylic acids is 2. The molecule has 4 nitrogen and oxygen atoms in total. The Morgan fingerprint density at radius 1 is 0.906 bits per heavy atom. The Balaban J connectivity index is 1.32. The van der Waals surface area contributed by atoms with Crippen molar-refractivity contribution in [3.05, 3.63) is 83.9 Å². The predicted molar refractivity (Wildman–Crippen MR) is 123 cm³/mol. The van der Waals surface area contributed by atoms with Crippen molar-refractivity contribution in [2.75, 3.05) is 6.61 Å². The molecule has 2 bridgehead atoms. The zero-order valence-electron chi connectivity index (χ0n) is 18.0. The van der Waals surface area contributed by atoms with Gasteiger partial charge >= 0.3 is 6.09 Å². The van der Waals surface area contributed by atoms with Crippen LogP contribution in [0.1, 0.15) is 36.3 Å². The van der Waals surface area contributed by atoms with Gasteiger partial charge in [-0.3, -0.25) is 4.79 Å². The van der Waals surface area contributed by atoms with Crippen molar-refractivity contribution >= 4 is 22.8 Å². The summed E-state index contributed by atoms with van der Waals surface area (Å²) in [5, 5.41) is 2.43. The highest BCUT2D eigenvalue weighted by molar-refractivity contribution is 5.96. The van der Waals surface area contributed by atoms with Crippen LogP contribution < -0.4 is 0 Å². The first-order chi connectivity index (χ1) is 15.7. The number of rotatable bonds is 4. The van der Waals surface area contributed by atoms with Crippen LogP contribution in [-0.4, -0.2) is 29.5 Å². The van der Waals surface area contributed by atoms with E-state index in [1.807, 2.05) is 30.3 Å². The minimum absolute atomic E-state index is 0.0289. The van der Waals surface area contributed by atoms with Crippen LogP contribution in [0.5, 0.6) is 0 Å². The average Bonchev–Trinajstić information content (AvgIpc) is 3.54. The normalized spacial score (nSPS) is 28.9. The van der Waals surface area contributed by atoms with Crippen molar-refractivity contribution in [1.82, 2.24) is 4.90 Å². The molecule has 5 atom stereocenters. The number of carbonyl (C=O) groups is 2. The van der Waals surface area contributed by atoms with E-state index in [4.69, 9.17) is 4.74 Å². The van der Waals surface area contributed by atoms with Crippen molar-refractivity contribution < 1.29 is 14.3 Å². The summed E-state index contributed by atoms with van der Waals surface area (Å²) in [6, 6.07) is 24.8. The van der Waals surface area contributed by atoms with E-state index < -0.39 is 6.09 Å². The second-order valence-electron chi connectivity index (χ2n) is 9.62. The van der Waals surface area contributed by atoms with Gasteiger partial charge in [-0.25, -0.2) is 9.69 Å². The molecule has 3 fully saturated rings. The molecule has 1 saturated heterocycles. The van der Waals surface area contributed by atoms with Crippen molar-refractivity contribution in [1.29, 1.82) is 0 Å². The maximum Gasteiger partial charge on any atom is 0.416 e. The van der Waals surface area contributed by atoms with Gasteiger partial charge in [-0.05, 0) is 65.3 Å². The van der Waals surface area contributed by atoms with Gasteiger partial charge in [0.1, 0.15) is 6.61 Å². The molecule has 6 rings (SSSR count). The first-order valence-corrected chi connectivity index (χ1v) is 11.7. The fraction of sp³-hybridized carbons (Fsp3) is 0.357. The van der Waals surface area contributed by atoms with E-state index in [0.717, 1.165) is 18.4 Å². The molecule has 0 aromatic heterocycles. The lowest BCUT2D eigenvalue weighted by atomic mass is 9.74. The van der Waals surface area contributed by atoms with E-state index in [1.165, 1.54) is 27.7 Å². The molecular formula is C28H27NO3. The largest absolute Gasteiger partial charge is 0.447 e. The zero-order valence-corrected chi connectivity index (χ0v) is 18.0. The number of cyclic esters (lactones) is 1. The van der Waals surface area contributed by atoms with Gasteiger partial charge in [0.15, 0.2) is 0 Å². The van der Waals surface area contributed by atoms with E-state index in [0.29, 0.717) is 18.3 Å². The Morgan fingerprint density at radius 3 is 2.50 bits per heavy atom. The standard InChI is InChI=1S/C28H27NO3/c30-27(29-24(17-32-28(29)31)14-18-6-2-1-3-7-18)26-23-13-12-22(16-23)25(26)21-11-10-19-8-4-5-9-20(19)15-21/h1-11,15,22-26H,12-14,16-17H2. The lowest BCUT2D eigenvalue weighted by molar-refractivity contribution is -0.135. The van der Waals surface area contributed by atoms with Gasteiger partial charge in [0.05, 0.1) is 6.04 Å². The van der Waals surface area contributed by atoms with Crippen LogP contribution in [0.3, 0.4) is 0 Å². The lowest BCUT2D eigenvalue weighted by Gasteiger charge is -2.33. The van der Waals surface area contributed by atoms with E-state index in [2.05, 4.69) is 42.5 Å². The second-order valence-corrected chi connectivity index (χ2v) is 9.62. The van der Waals surface area contributed by atoms with Gasteiger partial charge in [0, 0.05) is 5.92 Å². The molecule has 0 N–H and O–H groups in total. The van der Waals surface area contributed by atoms with Crippen LogP contribution in [0.2, 0.25) is 0 Å². The molecule has 3 aliphatic rings. The second kappa shape index (κ2) is 7.77. The average molecular weight is 426 g/mol. The third-order valence-electron chi connectivity index (χ3n) is 7.87. The minimum atomic E-state index is -0.476. The minimum Gasteiger partial charge on any atom is -0.447 e. The van der Waals surface area contributed by atoms with Crippen LogP contribution in [0, 0.1) is 17.8 Å². The first-order valence-electron chi connectivity index (χ1n) is 11.7. The Bertz CT molecular complexity index is 1170. The van der Waals surface area contributed by atoms with Crippen LogP contribution in [0.15, 0.2) is 72.8 Å². The summed E-state index contributed by atoms with van der Waals surface area (Å²) in [7, 11) is 0. The molecule has 1 aliphatic heterocycles. The number of hydrogen-bond donors (Lipinski definition) is 0. The van der Waals surface area contributed by atoms with E-state index >= 15 is 0 Å². The summed E-state index contributed by atoms with van der Waals surface area (Å²) >= 11 is 0. The summed E-state index contributed by atoms with van der Waals surface area (Å²) in [5.41, 5.74) is 2.36. The van der Waals surface area contributed by atoms with E-state index in [1.54, 1.807) is 0 Å². The number of hydrogen-bond acceptors (Lipinski definition) is 3. The SMILES string of the molecule is O=C1OCC(Cc2ccccc2)N1C(=O)C1C2CCC(C2)C1c1ccc2ccccc2c1. The molecular weight excluding hydrogens is 398 g/mol. The molecule has 0 spiro atoms. The fourth-order valence-electron chi connectivity index (χ4n) is 6.47. The molecule has 1 heterocycles. The summed E-state index contributed by atoms with van der Waals surface area (Å²) in [6.45, 7) is 0.279. The molecule has 2 aliphatic carbocycles. The Labute approximate surface area is 188 Å². The van der Waals surface area contributed by atoms with Crippen molar-refractivity contribution in [2.45, 2.75) is 37.6 Å². The lowest BCUT2D eigenvalue weighted by Crippen LogP contribution is -2.46. The summed E-state index contributed by atoms with van der Waals surface area (Å²) < 4.78 is 5.38. The molecule has 2 saturated carbocycles. The van der Waals surface area contributed by atoms with Crippen LogP contribution >= 0.6 is 0 Å². The number of benzene rings is 3. The van der Waals surface area contributed by atoms with Gasteiger partial charge < -0.3 is 4.74 Å². The maximum absolute atomic E-state index is 13.9. The number of nitrogens with zero attached hydrogens (tertiary/aromatic N) is 1. The molecule has 5 unspecified atom stereocenters. The van der Waals surface area contributed by atoms with Crippen LogP contribution in [0.4, 0.5) is 4.79 Å². The highest BCUT2D eigenvalue weighted by Gasteiger charge is 2.54. The number of imide groups is 1. The predicted octanol–water partition coefficient (Wildman–Crippen LogP) is 5.56. The molecule has 4 heteroatoms. The molecule has 3 aromatic carbocycles. The summed E-state index contributed by atoms with van der Waals surface area (Å²) in [6.07, 6.45) is 3.50. The van der Waals surface area contributed by atoms with Gasteiger partial charge in [-0.1, -0.05) is 72.8 Å². The monoisotopic (exact) mass is 425 g/mol. The third kappa shape index (κ3) is 3.21. The first kappa shape index (κ1) is 19.5. The van der Waals surface area contributed by atoms with Crippen LogP contribution in [0.25, 0.3) is 10.8 Å². The molecule has 3 aromatic rings. The van der Waals surface area contributed by atoms with E-state index in [9.17, 15) is 9.59 Å². The van der Waals surface area contributed by atoms with Gasteiger partial charge in [-0.15, -0.1) is 0 Å². The van der Waals surface area contributed by atoms with Crippen molar-refractivity contribution in [3.8, 4) is 0 Å².